The van der Waals surface area contributed by atoms with Crippen molar-refractivity contribution in [2.75, 3.05) is 5.75 Å². The van der Waals surface area contributed by atoms with Crippen LogP contribution >= 0.6 is 23.4 Å². The van der Waals surface area contributed by atoms with Crippen molar-refractivity contribution in [3.05, 3.63) is 107 Å². The zero-order chi connectivity index (χ0) is 24.2. The number of fused-ring (bicyclic) bond motifs is 2. The lowest BCUT2D eigenvalue weighted by atomic mass is 10.0. The van der Waals surface area contributed by atoms with Crippen molar-refractivity contribution < 1.29 is 4.79 Å². The van der Waals surface area contributed by atoms with Gasteiger partial charge in [-0.1, -0.05) is 84.0 Å². The number of aromatic nitrogens is 2. The standard InChI is InChI=1S/C28H23ClN4OS/c1-19(22-13-12-21-6-2-3-7-23(21)16-22)31-32-27(34)18-35-28-30-25-8-4-5-9-26(25)33(28)17-20-10-14-24(29)15-11-20/h2-16H,17-18H2,1H3,(H,32,34)/b31-19-. The van der Waals surface area contributed by atoms with Crippen LogP contribution in [0.25, 0.3) is 21.8 Å². The van der Waals surface area contributed by atoms with Crippen LogP contribution in [0.3, 0.4) is 0 Å². The highest BCUT2D eigenvalue weighted by atomic mass is 35.5. The molecule has 0 aliphatic rings. The summed E-state index contributed by atoms with van der Waals surface area (Å²) < 4.78 is 2.13. The number of halogens is 1. The molecule has 35 heavy (non-hydrogen) atoms. The van der Waals surface area contributed by atoms with Gasteiger partial charge in [0.15, 0.2) is 5.16 Å². The van der Waals surface area contributed by atoms with Gasteiger partial charge in [0.2, 0.25) is 0 Å². The van der Waals surface area contributed by atoms with Crippen LogP contribution in [0.5, 0.6) is 0 Å². The van der Waals surface area contributed by atoms with E-state index in [0.29, 0.717) is 11.6 Å². The van der Waals surface area contributed by atoms with E-state index >= 15 is 0 Å². The molecule has 7 heteroatoms. The largest absolute Gasteiger partial charge is 0.314 e. The number of benzene rings is 4. The molecular formula is C28H23ClN4OS. The quantitative estimate of drug-likeness (QED) is 0.158. The van der Waals surface area contributed by atoms with E-state index in [9.17, 15) is 4.79 Å². The number of rotatable bonds is 7. The van der Waals surface area contributed by atoms with Crippen molar-refractivity contribution in [3.63, 3.8) is 0 Å². The molecule has 0 saturated carbocycles. The molecule has 0 aliphatic carbocycles. The lowest BCUT2D eigenvalue weighted by Gasteiger charge is -2.09. The Morgan fingerprint density at radius 1 is 0.971 bits per heavy atom. The summed E-state index contributed by atoms with van der Waals surface area (Å²) in [5.74, 6) is 0.0265. The van der Waals surface area contributed by atoms with Gasteiger partial charge in [-0.25, -0.2) is 10.4 Å². The van der Waals surface area contributed by atoms with Gasteiger partial charge in [-0.2, -0.15) is 5.10 Å². The van der Waals surface area contributed by atoms with Crippen LogP contribution in [0.4, 0.5) is 0 Å². The molecule has 0 aliphatic heterocycles. The first-order valence-corrected chi connectivity index (χ1v) is 12.6. The minimum atomic E-state index is -0.180. The van der Waals surface area contributed by atoms with E-state index in [1.807, 2.05) is 73.7 Å². The number of hydrazone groups is 1. The highest BCUT2D eigenvalue weighted by molar-refractivity contribution is 7.99. The predicted octanol–water partition coefficient (Wildman–Crippen LogP) is 6.52. The Balaban J connectivity index is 1.28. The van der Waals surface area contributed by atoms with Crippen LogP contribution in [0.15, 0.2) is 101 Å². The SMILES string of the molecule is C/C(=N/NC(=O)CSc1nc2ccccc2n1Cc1ccc(Cl)cc1)c1ccc2ccccc2c1. The average Bonchev–Trinajstić information content (AvgIpc) is 3.24. The van der Waals surface area contributed by atoms with Gasteiger partial charge in [0.1, 0.15) is 0 Å². The van der Waals surface area contributed by atoms with E-state index in [1.165, 1.54) is 17.1 Å². The molecule has 1 N–H and O–H groups in total. The van der Waals surface area contributed by atoms with Gasteiger partial charge in [-0.05, 0) is 59.2 Å². The Morgan fingerprint density at radius 2 is 1.71 bits per heavy atom. The highest BCUT2D eigenvalue weighted by Gasteiger charge is 2.13. The third-order valence-electron chi connectivity index (χ3n) is 5.72. The summed E-state index contributed by atoms with van der Waals surface area (Å²) in [5.41, 5.74) is 7.44. The number of nitrogens with one attached hydrogen (secondary N) is 1. The minimum Gasteiger partial charge on any atom is -0.314 e. The van der Waals surface area contributed by atoms with E-state index in [1.54, 1.807) is 0 Å². The van der Waals surface area contributed by atoms with E-state index in [0.717, 1.165) is 38.4 Å². The molecule has 1 amide bonds. The van der Waals surface area contributed by atoms with Gasteiger partial charge in [0.05, 0.1) is 29.0 Å². The number of hydrogen-bond donors (Lipinski definition) is 1. The number of nitrogens with zero attached hydrogens (tertiary/aromatic N) is 3. The third kappa shape index (κ3) is 5.39. The molecule has 0 spiro atoms. The van der Waals surface area contributed by atoms with Gasteiger partial charge in [0.25, 0.3) is 5.91 Å². The van der Waals surface area contributed by atoms with Crippen LogP contribution in [0.2, 0.25) is 5.02 Å². The second-order valence-corrected chi connectivity index (χ2v) is 9.56. The third-order valence-corrected chi connectivity index (χ3v) is 6.95. The van der Waals surface area contributed by atoms with Crippen LogP contribution in [0.1, 0.15) is 18.1 Å². The Labute approximate surface area is 212 Å². The number of amides is 1. The molecule has 5 nitrogen and oxygen atoms in total. The topological polar surface area (TPSA) is 59.3 Å². The van der Waals surface area contributed by atoms with Gasteiger partial charge in [-0.15, -0.1) is 0 Å². The molecule has 0 atom stereocenters. The fraction of sp³-hybridized carbons (Fsp3) is 0.107. The lowest BCUT2D eigenvalue weighted by Crippen LogP contribution is -2.21. The van der Waals surface area contributed by atoms with Crippen molar-refractivity contribution in [1.82, 2.24) is 15.0 Å². The van der Waals surface area contributed by atoms with E-state index in [2.05, 4.69) is 39.4 Å². The van der Waals surface area contributed by atoms with Gasteiger partial charge >= 0.3 is 0 Å². The summed E-state index contributed by atoms with van der Waals surface area (Å²) in [6, 6.07) is 30.1. The lowest BCUT2D eigenvalue weighted by molar-refractivity contribution is -0.118. The van der Waals surface area contributed by atoms with Gasteiger partial charge < -0.3 is 4.57 Å². The minimum absolute atomic E-state index is 0.180. The number of hydrogen-bond acceptors (Lipinski definition) is 4. The summed E-state index contributed by atoms with van der Waals surface area (Å²) in [6.45, 7) is 2.53. The molecule has 0 saturated heterocycles. The van der Waals surface area contributed by atoms with E-state index in [-0.39, 0.29) is 11.7 Å². The molecule has 0 fully saturated rings. The van der Waals surface area contributed by atoms with Crippen LogP contribution in [-0.4, -0.2) is 26.9 Å². The summed E-state index contributed by atoms with van der Waals surface area (Å²) in [5, 5.41) is 8.12. The zero-order valence-electron chi connectivity index (χ0n) is 19.1. The second-order valence-electron chi connectivity index (χ2n) is 8.18. The molecule has 0 bridgehead atoms. The highest BCUT2D eigenvalue weighted by Crippen LogP contribution is 2.25. The van der Waals surface area contributed by atoms with E-state index < -0.39 is 0 Å². The number of thioether (sulfide) groups is 1. The Kier molecular flexibility index (Phi) is 6.84. The fourth-order valence-electron chi connectivity index (χ4n) is 3.88. The van der Waals surface area contributed by atoms with Crippen molar-refractivity contribution in [1.29, 1.82) is 0 Å². The number of imidazole rings is 1. The molecule has 4 aromatic carbocycles. The Hall–Kier alpha value is -3.61. The Morgan fingerprint density at radius 3 is 2.54 bits per heavy atom. The Bertz CT molecular complexity index is 1540. The maximum atomic E-state index is 12.6. The summed E-state index contributed by atoms with van der Waals surface area (Å²) in [7, 11) is 0. The molecule has 0 unspecified atom stereocenters. The molecule has 1 aromatic heterocycles. The first-order chi connectivity index (χ1) is 17.1. The fourth-order valence-corrected chi connectivity index (χ4v) is 4.81. The predicted molar refractivity (Wildman–Crippen MR) is 145 cm³/mol. The number of carbonyl (C=O) groups excluding carboxylic acids is 1. The summed E-state index contributed by atoms with van der Waals surface area (Å²) >= 11 is 7.44. The second kappa shape index (κ2) is 10.3. The molecular weight excluding hydrogens is 476 g/mol. The smallest absolute Gasteiger partial charge is 0.250 e. The van der Waals surface area contributed by atoms with Crippen LogP contribution in [-0.2, 0) is 11.3 Å². The molecule has 5 rings (SSSR count). The van der Waals surface area contributed by atoms with Crippen molar-refractivity contribution >= 4 is 56.8 Å². The average molecular weight is 499 g/mol. The molecule has 0 radical (unpaired) electrons. The summed E-state index contributed by atoms with van der Waals surface area (Å²) in [6.07, 6.45) is 0. The maximum Gasteiger partial charge on any atom is 0.250 e. The van der Waals surface area contributed by atoms with Crippen molar-refractivity contribution in [2.45, 2.75) is 18.6 Å². The van der Waals surface area contributed by atoms with Crippen molar-refractivity contribution in [3.8, 4) is 0 Å². The molecule has 5 aromatic rings. The van der Waals surface area contributed by atoms with Crippen molar-refractivity contribution in [2.24, 2.45) is 5.10 Å². The maximum absolute atomic E-state index is 12.6. The van der Waals surface area contributed by atoms with Gasteiger partial charge in [0, 0.05) is 5.02 Å². The zero-order valence-corrected chi connectivity index (χ0v) is 20.7. The molecule has 1 heterocycles. The number of carbonyl (C=O) groups is 1. The molecule has 174 valence electrons. The first-order valence-electron chi connectivity index (χ1n) is 11.2. The van der Waals surface area contributed by atoms with Crippen LogP contribution < -0.4 is 5.43 Å². The van der Waals surface area contributed by atoms with E-state index in [4.69, 9.17) is 16.6 Å². The van der Waals surface area contributed by atoms with Gasteiger partial charge in [-0.3, -0.25) is 4.79 Å². The first kappa shape index (κ1) is 23.1. The number of para-hydroxylation sites is 2. The summed E-state index contributed by atoms with van der Waals surface area (Å²) in [4.78, 5) is 17.4. The van der Waals surface area contributed by atoms with Crippen LogP contribution in [0, 0.1) is 0 Å². The monoisotopic (exact) mass is 498 g/mol. The normalized spacial score (nSPS) is 11.8.